The molecule has 44 heavy (non-hydrogen) atoms. The summed E-state index contributed by atoms with van der Waals surface area (Å²) in [6, 6.07) is 44.7. The molecule has 2 aromatic heterocycles. The van der Waals surface area contributed by atoms with Gasteiger partial charge in [-0.25, -0.2) is 9.69 Å². The molecule has 0 bridgehead atoms. The van der Waals surface area contributed by atoms with E-state index in [9.17, 15) is 5.26 Å². The topological polar surface area (TPSA) is 42.4 Å². The Bertz CT molecular complexity index is 2580. The Morgan fingerprint density at radius 3 is 2.14 bits per heavy atom. The molecule has 2 heterocycles. The van der Waals surface area contributed by atoms with Gasteiger partial charge in [-0.2, -0.15) is 5.26 Å². The average Bonchev–Trinajstić information content (AvgIpc) is 3.60. The van der Waals surface area contributed by atoms with Crippen LogP contribution in [0, 0.1) is 24.5 Å². The lowest BCUT2D eigenvalue weighted by Crippen LogP contribution is -1.96. The summed E-state index contributed by atoms with van der Waals surface area (Å²) >= 11 is 0. The molecule has 0 radical (unpaired) electrons. The Morgan fingerprint density at radius 2 is 1.32 bits per heavy atom. The Kier molecular flexibility index (Phi) is 5.56. The van der Waals surface area contributed by atoms with E-state index in [-0.39, 0.29) is 0 Å². The molecule has 0 fully saturated rings. The first-order valence-corrected chi connectivity index (χ1v) is 14.2. The number of benzene rings is 6. The molecule has 0 aliphatic carbocycles. The van der Waals surface area contributed by atoms with Crippen LogP contribution >= 0.6 is 0 Å². The predicted molar refractivity (Wildman–Crippen MR) is 178 cm³/mol. The lowest BCUT2D eigenvalue weighted by Gasteiger charge is -2.13. The number of nitrogens with zero attached hydrogens (tertiary/aromatic N) is 5. The van der Waals surface area contributed by atoms with Gasteiger partial charge in [-0.3, -0.25) is 0 Å². The van der Waals surface area contributed by atoms with Crippen molar-refractivity contribution < 1.29 is 0 Å². The molecule has 0 atom stereocenters. The van der Waals surface area contributed by atoms with Gasteiger partial charge in [0.05, 0.1) is 52.5 Å². The van der Waals surface area contributed by atoms with Gasteiger partial charge >= 0.3 is 0 Å². The van der Waals surface area contributed by atoms with E-state index >= 15 is 0 Å². The zero-order valence-electron chi connectivity index (χ0n) is 23.4. The van der Waals surface area contributed by atoms with Crippen LogP contribution in [-0.2, 0) is 0 Å². The van der Waals surface area contributed by atoms with Crippen LogP contribution in [0.2, 0.25) is 0 Å². The third kappa shape index (κ3) is 3.63. The highest BCUT2D eigenvalue weighted by molar-refractivity contribution is 6.15. The standard InChI is InChI=1S/C39H21N5/c1-41-27-16-18-28(19-17-27)43-36-21-14-25(24-40)22-33(36)32-10-7-9-29(39(32)43)26-15-20-31-30-8-3-5-12-35(30)44(38(31)23-26)37-13-6-4-11-34(37)42-2/h3-23H. The monoisotopic (exact) mass is 559 g/mol. The van der Waals surface area contributed by atoms with Gasteiger partial charge < -0.3 is 9.13 Å². The fourth-order valence-electron chi connectivity index (χ4n) is 6.46. The van der Waals surface area contributed by atoms with Crippen molar-refractivity contribution in [1.82, 2.24) is 9.13 Å². The van der Waals surface area contributed by atoms with Gasteiger partial charge in [0.2, 0.25) is 5.69 Å². The average molecular weight is 560 g/mol. The molecule has 6 aromatic carbocycles. The fraction of sp³-hybridized carbons (Fsp3) is 0. The largest absolute Gasteiger partial charge is 0.319 e. The maximum Gasteiger partial charge on any atom is 0.210 e. The number of rotatable bonds is 3. The van der Waals surface area contributed by atoms with Crippen molar-refractivity contribution in [3.8, 4) is 28.6 Å². The van der Waals surface area contributed by atoms with Crippen LogP contribution in [-0.4, -0.2) is 9.13 Å². The minimum atomic E-state index is 0.583. The molecule has 0 unspecified atom stereocenters. The highest BCUT2D eigenvalue weighted by atomic mass is 15.0. The smallest absolute Gasteiger partial charge is 0.210 e. The quantitative estimate of drug-likeness (QED) is 0.199. The van der Waals surface area contributed by atoms with Crippen LogP contribution in [0.25, 0.3) is 75.8 Å². The van der Waals surface area contributed by atoms with Crippen LogP contribution in [0.3, 0.4) is 0 Å². The van der Waals surface area contributed by atoms with Crippen molar-refractivity contribution in [1.29, 1.82) is 5.26 Å². The molecule has 202 valence electrons. The maximum atomic E-state index is 9.70. The van der Waals surface area contributed by atoms with Crippen LogP contribution in [0.1, 0.15) is 5.56 Å². The Morgan fingerprint density at radius 1 is 0.568 bits per heavy atom. The third-order valence-electron chi connectivity index (χ3n) is 8.38. The summed E-state index contributed by atoms with van der Waals surface area (Å²) in [6.45, 7) is 15.3. The molecule has 0 saturated carbocycles. The van der Waals surface area contributed by atoms with Crippen molar-refractivity contribution in [3.05, 3.63) is 156 Å². The van der Waals surface area contributed by atoms with Crippen molar-refractivity contribution in [3.63, 3.8) is 0 Å². The van der Waals surface area contributed by atoms with E-state index < -0.39 is 0 Å². The maximum absolute atomic E-state index is 9.70. The molecule has 0 aliphatic rings. The third-order valence-corrected chi connectivity index (χ3v) is 8.38. The van der Waals surface area contributed by atoms with Crippen molar-refractivity contribution in [2.75, 3.05) is 0 Å². The van der Waals surface area contributed by atoms with E-state index in [1.807, 2.05) is 72.8 Å². The van der Waals surface area contributed by atoms with Gasteiger partial charge in [0.1, 0.15) is 0 Å². The summed E-state index contributed by atoms with van der Waals surface area (Å²) in [5.74, 6) is 0. The molecule has 5 heteroatoms. The van der Waals surface area contributed by atoms with E-state index in [1.165, 1.54) is 0 Å². The van der Waals surface area contributed by atoms with E-state index in [1.54, 1.807) is 0 Å². The first-order chi connectivity index (χ1) is 21.7. The molecule has 8 rings (SSSR count). The van der Waals surface area contributed by atoms with E-state index in [0.717, 1.165) is 66.1 Å². The SMILES string of the molecule is [C-]#[N+]c1ccc(-n2c3ccc(C#N)cc3c3cccc(-c4ccc5c6ccccc6n(-c6ccccc6[N+]#[C-])c5c4)c32)cc1. The van der Waals surface area contributed by atoms with Gasteiger partial charge in [0, 0.05) is 32.8 Å². The number of hydrogen-bond acceptors (Lipinski definition) is 1. The fourth-order valence-corrected chi connectivity index (χ4v) is 6.46. The Balaban J connectivity index is 1.48. The van der Waals surface area contributed by atoms with Crippen LogP contribution in [0.4, 0.5) is 11.4 Å². The first-order valence-electron chi connectivity index (χ1n) is 14.2. The lowest BCUT2D eigenvalue weighted by atomic mass is 10.00. The molecule has 0 saturated heterocycles. The van der Waals surface area contributed by atoms with Crippen molar-refractivity contribution in [2.45, 2.75) is 0 Å². The molecular weight excluding hydrogens is 538 g/mol. The number of nitriles is 1. The minimum Gasteiger partial charge on any atom is -0.319 e. The van der Waals surface area contributed by atoms with Gasteiger partial charge in [0.25, 0.3) is 0 Å². The van der Waals surface area contributed by atoms with Crippen molar-refractivity contribution >= 4 is 55.0 Å². The summed E-state index contributed by atoms with van der Waals surface area (Å²) in [5.41, 5.74) is 9.74. The summed E-state index contributed by atoms with van der Waals surface area (Å²) in [6.07, 6.45) is 0. The van der Waals surface area contributed by atoms with Gasteiger partial charge in [0.15, 0.2) is 5.69 Å². The summed E-state index contributed by atoms with van der Waals surface area (Å²) in [7, 11) is 0. The normalized spacial score (nSPS) is 11.1. The highest BCUT2D eigenvalue weighted by Gasteiger charge is 2.19. The van der Waals surface area contributed by atoms with Crippen LogP contribution in [0.15, 0.2) is 127 Å². The Labute approximate surface area is 253 Å². The number of para-hydroxylation sites is 4. The second-order valence-electron chi connectivity index (χ2n) is 10.7. The summed E-state index contributed by atoms with van der Waals surface area (Å²) < 4.78 is 4.42. The zero-order valence-corrected chi connectivity index (χ0v) is 23.4. The molecular formula is C39H21N5. The van der Waals surface area contributed by atoms with Crippen molar-refractivity contribution in [2.24, 2.45) is 0 Å². The van der Waals surface area contributed by atoms with Crippen LogP contribution < -0.4 is 0 Å². The molecule has 8 aromatic rings. The number of fused-ring (bicyclic) bond motifs is 6. The molecule has 5 nitrogen and oxygen atoms in total. The van der Waals surface area contributed by atoms with Gasteiger partial charge in [-0.05, 0) is 54.1 Å². The number of aromatic nitrogens is 2. The van der Waals surface area contributed by atoms with E-state index in [2.05, 4.69) is 79.5 Å². The lowest BCUT2D eigenvalue weighted by molar-refractivity contribution is 1.18. The highest BCUT2D eigenvalue weighted by Crippen LogP contribution is 2.41. The predicted octanol–water partition coefficient (Wildman–Crippen LogP) is 10.5. The van der Waals surface area contributed by atoms with Gasteiger partial charge in [-0.15, -0.1) is 0 Å². The molecule has 0 amide bonds. The molecule has 0 N–H and O–H groups in total. The van der Waals surface area contributed by atoms with E-state index in [4.69, 9.17) is 13.1 Å². The second kappa shape index (κ2) is 9.74. The number of hydrogen-bond donors (Lipinski definition) is 0. The second-order valence-corrected chi connectivity index (χ2v) is 10.7. The molecule has 0 spiro atoms. The summed E-state index contributed by atoms with van der Waals surface area (Å²) in [5, 5.41) is 14.0. The zero-order chi connectivity index (χ0) is 29.8. The summed E-state index contributed by atoms with van der Waals surface area (Å²) in [4.78, 5) is 7.42. The first kappa shape index (κ1) is 25.1. The van der Waals surface area contributed by atoms with Crippen LogP contribution in [0.5, 0.6) is 0 Å². The van der Waals surface area contributed by atoms with Gasteiger partial charge in [-0.1, -0.05) is 78.9 Å². The van der Waals surface area contributed by atoms with E-state index in [0.29, 0.717) is 16.9 Å². The minimum absolute atomic E-state index is 0.583. The molecule has 0 aliphatic heterocycles. The Hall–Kier alpha value is -6.61.